The number of rotatable bonds is 2. The van der Waals surface area contributed by atoms with Crippen LogP contribution in [0.25, 0.3) is 87.9 Å². The fourth-order valence-corrected chi connectivity index (χ4v) is 12.9. The van der Waals surface area contributed by atoms with E-state index in [1.165, 1.54) is 77.3 Å². The number of aromatic nitrogens is 2. The highest BCUT2D eigenvalue weighted by Crippen LogP contribution is 2.57. The minimum absolute atomic E-state index is 0.159. The Bertz CT molecular complexity index is 4060. The Labute approximate surface area is 377 Å². The molecular formula is C58H32B2N4O2. The predicted octanol–water partition coefficient (Wildman–Crippen LogP) is 12.2. The summed E-state index contributed by atoms with van der Waals surface area (Å²) in [6, 6.07) is 66.7. The molecule has 9 aromatic carbocycles. The van der Waals surface area contributed by atoms with E-state index in [0.29, 0.717) is 0 Å². The normalized spacial score (nSPS) is 13.9. The van der Waals surface area contributed by atoms with Crippen molar-refractivity contribution in [3.8, 4) is 22.3 Å². The third kappa shape index (κ3) is 3.88. The molecule has 4 aliphatic rings. The zero-order chi connectivity index (χ0) is 42.5. The summed E-state index contributed by atoms with van der Waals surface area (Å²) < 4.78 is 18.7. The largest absolute Gasteiger partial charge is 0.456 e. The summed E-state index contributed by atoms with van der Waals surface area (Å²) in [5.74, 6) is 0. The molecular weight excluding hydrogens is 806 g/mol. The number of para-hydroxylation sites is 6. The van der Waals surface area contributed by atoms with Crippen LogP contribution < -0.4 is 31.7 Å². The van der Waals surface area contributed by atoms with E-state index in [9.17, 15) is 0 Å². The van der Waals surface area contributed by atoms with Crippen LogP contribution in [0.5, 0.6) is 0 Å². The third-order valence-corrected chi connectivity index (χ3v) is 15.3. The first-order valence-electron chi connectivity index (χ1n) is 22.8. The molecule has 4 aromatic heterocycles. The number of fused-ring (bicyclic) bond motifs is 18. The summed E-state index contributed by atoms with van der Waals surface area (Å²) >= 11 is 0. The molecule has 302 valence electrons. The molecule has 66 heavy (non-hydrogen) atoms. The number of hydrogen-bond donors (Lipinski definition) is 0. The monoisotopic (exact) mass is 838 g/mol. The van der Waals surface area contributed by atoms with Gasteiger partial charge in [0.15, 0.2) is 0 Å². The number of furan rings is 2. The van der Waals surface area contributed by atoms with Gasteiger partial charge in [0.1, 0.15) is 22.3 Å². The lowest BCUT2D eigenvalue weighted by Crippen LogP contribution is -2.62. The Balaban J connectivity index is 1.17. The number of benzene rings is 9. The van der Waals surface area contributed by atoms with Crippen molar-refractivity contribution in [2.45, 2.75) is 0 Å². The van der Waals surface area contributed by atoms with Crippen LogP contribution in [0.2, 0.25) is 0 Å². The average Bonchev–Trinajstić information content (AvgIpc) is 4.18. The van der Waals surface area contributed by atoms with E-state index >= 15 is 0 Å². The van der Waals surface area contributed by atoms with Crippen molar-refractivity contribution < 1.29 is 8.83 Å². The summed E-state index contributed by atoms with van der Waals surface area (Å²) in [7, 11) is 0. The maximum absolute atomic E-state index is 6.79. The quantitative estimate of drug-likeness (QED) is 0.163. The molecule has 8 heteroatoms. The molecule has 6 nitrogen and oxygen atoms in total. The molecule has 0 atom stereocenters. The Kier molecular flexibility index (Phi) is 6.03. The fourth-order valence-electron chi connectivity index (χ4n) is 12.9. The SMILES string of the molecule is c1ccc(N2c3c4c(c5c6c3N(c3ccccc3)c3c(ccc7oc8ccccc8c37)B6n3ccc6cccc-5c63)-c3cccc5ccn(c35)B4c3ccc4oc5ccccc5c4c32)cc1. The van der Waals surface area contributed by atoms with Crippen LogP contribution in [0.4, 0.5) is 34.1 Å². The third-order valence-electron chi connectivity index (χ3n) is 15.3. The molecule has 0 radical (unpaired) electrons. The second-order valence-electron chi connectivity index (χ2n) is 18.3. The van der Waals surface area contributed by atoms with Gasteiger partial charge in [-0.05, 0) is 117 Å². The number of hydrogen-bond acceptors (Lipinski definition) is 4. The maximum atomic E-state index is 6.79. The minimum atomic E-state index is -0.159. The average molecular weight is 839 g/mol. The lowest BCUT2D eigenvalue weighted by Gasteiger charge is -2.48. The summed E-state index contributed by atoms with van der Waals surface area (Å²) in [6.07, 6.45) is 4.66. The second-order valence-corrected chi connectivity index (χ2v) is 18.3. The van der Waals surface area contributed by atoms with Crippen LogP contribution in [0, 0.1) is 0 Å². The van der Waals surface area contributed by atoms with Crippen molar-refractivity contribution in [1.82, 2.24) is 8.96 Å². The fraction of sp³-hybridized carbons (Fsp3) is 0. The van der Waals surface area contributed by atoms with Crippen LogP contribution >= 0.6 is 0 Å². The van der Waals surface area contributed by atoms with Crippen molar-refractivity contribution in [1.29, 1.82) is 0 Å². The van der Waals surface area contributed by atoms with Gasteiger partial charge in [-0.2, -0.15) is 0 Å². The molecule has 4 aliphatic heterocycles. The summed E-state index contributed by atoms with van der Waals surface area (Å²) in [5, 5.41) is 6.93. The van der Waals surface area contributed by atoms with Crippen molar-refractivity contribution in [3.63, 3.8) is 0 Å². The molecule has 17 rings (SSSR count). The Hall–Kier alpha value is -8.61. The van der Waals surface area contributed by atoms with E-state index in [4.69, 9.17) is 8.83 Å². The highest BCUT2D eigenvalue weighted by Gasteiger charge is 2.52. The highest BCUT2D eigenvalue weighted by molar-refractivity contribution is 6.93. The first-order chi connectivity index (χ1) is 32.8. The second kappa shape index (κ2) is 11.7. The van der Waals surface area contributed by atoms with Gasteiger partial charge in [-0.15, -0.1) is 0 Å². The molecule has 0 amide bonds. The first kappa shape index (κ1) is 33.9. The van der Waals surface area contributed by atoms with E-state index in [0.717, 1.165) is 66.6 Å². The Morgan fingerprint density at radius 1 is 0.348 bits per heavy atom. The van der Waals surface area contributed by atoms with Gasteiger partial charge in [-0.3, -0.25) is 0 Å². The molecule has 0 saturated heterocycles. The van der Waals surface area contributed by atoms with E-state index < -0.39 is 0 Å². The topological polar surface area (TPSA) is 42.6 Å². The standard InChI is InChI=1S/C58H32B2N4O2/c1-3-15-35(16-4-1)63-55-41(25-27-45-47(55)37-19-7-9-23-43(37)65-45)59-51-49(39-21-11-13-33-29-31-61(59)53(33)39)50-40-22-12-14-34-30-32-62(54(34)40)60-42-26-28-46-48(38-20-8-10-24-44(38)66-46)56(42)64(36-17-5-2-6-18-36)58(52(50)60)57(51)63/h1-32H. The van der Waals surface area contributed by atoms with Crippen molar-refractivity contribution in [2.24, 2.45) is 0 Å². The van der Waals surface area contributed by atoms with Gasteiger partial charge in [0.25, 0.3) is 0 Å². The predicted molar refractivity (Wildman–Crippen MR) is 273 cm³/mol. The zero-order valence-corrected chi connectivity index (χ0v) is 35.2. The highest BCUT2D eigenvalue weighted by atomic mass is 16.3. The van der Waals surface area contributed by atoms with Gasteiger partial charge in [0.05, 0.1) is 33.5 Å². The Morgan fingerprint density at radius 2 is 0.788 bits per heavy atom. The van der Waals surface area contributed by atoms with E-state index in [1.54, 1.807) is 0 Å². The molecule has 0 spiro atoms. The van der Waals surface area contributed by atoms with Gasteiger partial charge < -0.3 is 27.6 Å². The molecule has 0 unspecified atom stereocenters. The minimum Gasteiger partial charge on any atom is -0.456 e. The lowest BCUT2D eigenvalue weighted by molar-refractivity contribution is 0.668. The van der Waals surface area contributed by atoms with Gasteiger partial charge in [0.2, 0.25) is 0 Å². The molecule has 0 saturated carbocycles. The van der Waals surface area contributed by atoms with Gasteiger partial charge in [0, 0.05) is 44.3 Å². The summed E-state index contributed by atoms with van der Waals surface area (Å²) in [4.78, 5) is 5.22. The van der Waals surface area contributed by atoms with Gasteiger partial charge >= 0.3 is 13.7 Å². The van der Waals surface area contributed by atoms with Crippen LogP contribution in [-0.4, -0.2) is 22.7 Å². The molecule has 0 N–H and O–H groups in total. The van der Waals surface area contributed by atoms with E-state index in [2.05, 4.69) is 213 Å². The van der Waals surface area contributed by atoms with Crippen LogP contribution in [0.1, 0.15) is 0 Å². The van der Waals surface area contributed by atoms with Crippen LogP contribution in [-0.2, 0) is 0 Å². The summed E-state index contributed by atoms with van der Waals surface area (Å²) in [5.41, 5.74) is 23.1. The molecule has 8 heterocycles. The van der Waals surface area contributed by atoms with Crippen LogP contribution in [0.15, 0.2) is 203 Å². The zero-order valence-electron chi connectivity index (χ0n) is 35.2. The summed E-state index contributed by atoms with van der Waals surface area (Å²) in [6.45, 7) is -0.319. The number of nitrogens with zero attached hydrogens (tertiary/aromatic N) is 4. The van der Waals surface area contributed by atoms with Crippen LogP contribution in [0.3, 0.4) is 0 Å². The maximum Gasteiger partial charge on any atom is 0.332 e. The van der Waals surface area contributed by atoms with E-state index in [1.807, 2.05) is 0 Å². The molecule has 0 aliphatic carbocycles. The number of anilines is 6. The van der Waals surface area contributed by atoms with Gasteiger partial charge in [-0.1, -0.05) is 121 Å². The van der Waals surface area contributed by atoms with Crippen molar-refractivity contribution in [2.75, 3.05) is 9.80 Å². The smallest absolute Gasteiger partial charge is 0.332 e. The van der Waals surface area contributed by atoms with Crippen molar-refractivity contribution >= 4 is 135 Å². The lowest BCUT2D eigenvalue weighted by atomic mass is 9.40. The van der Waals surface area contributed by atoms with Crippen molar-refractivity contribution in [3.05, 3.63) is 194 Å². The Morgan fingerprint density at radius 3 is 1.26 bits per heavy atom. The molecule has 0 bridgehead atoms. The molecule has 0 fully saturated rings. The first-order valence-corrected chi connectivity index (χ1v) is 22.8. The van der Waals surface area contributed by atoms with E-state index in [-0.39, 0.29) is 13.7 Å². The van der Waals surface area contributed by atoms with Gasteiger partial charge in [-0.25, -0.2) is 0 Å². The molecule has 13 aromatic rings.